The first kappa shape index (κ1) is 12.9. The molecule has 0 saturated carbocycles. The van der Waals surface area contributed by atoms with E-state index in [-0.39, 0.29) is 0 Å². The van der Waals surface area contributed by atoms with Gasteiger partial charge in [-0.25, -0.2) is 0 Å². The highest BCUT2D eigenvalue weighted by Gasteiger charge is 2.03. The number of benzene rings is 1. The van der Waals surface area contributed by atoms with Crippen molar-refractivity contribution in [3.05, 3.63) is 62.1 Å². The van der Waals surface area contributed by atoms with E-state index < -0.39 is 11.2 Å². The Kier molecular flexibility index (Phi) is 4.86. The first-order valence-corrected chi connectivity index (χ1v) is 8.13. The lowest BCUT2D eigenvalue weighted by atomic mass is 10.2. The van der Waals surface area contributed by atoms with E-state index in [0.29, 0.717) is 5.75 Å². The van der Waals surface area contributed by atoms with Gasteiger partial charge in [0.2, 0.25) is 0 Å². The molecule has 0 amide bonds. The average molecular weight is 327 g/mol. The van der Waals surface area contributed by atoms with E-state index in [4.69, 9.17) is 0 Å². The summed E-state index contributed by atoms with van der Waals surface area (Å²) in [5.74, 6) is 0.565. The molecule has 0 radical (unpaired) electrons. The molecular formula is C13H11BrOS2. The van der Waals surface area contributed by atoms with Gasteiger partial charge < -0.3 is 4.55 Å². The lowest BCUT2D eigenvalue weighted by Crippen LogP contribution is -1.99. The highest BCUT2D eigenvalue weighted by Crippen LogP contribution is 2.15. The van der Waals surface area contributed by atoms with Gasteiger partial charge in [0.05, 0.1) is 0 Å². The minimum Gasteiger partial charge on any atom is -0.612 e. The smallest absolute Gasteiger partial charge is 0.135 e. The second kappa shape index (κ2) is 6.40. The Morgan fingerprint density at radius 3 is 2.65 bits per heavy atom. The number of rotatable bonds is 4. The zero-order valence-electron chi connectivity index (χ0n) is 9.01. The lowest BCUT2D eigenvalue weighted by Gasteiger charge is -2.05. The van der Waals surface area contributed by atoms with Crippen molar-refractivity contribution in [3.8, 4) is 0 Å². The second-order valence-electron chi connectivity index (χ2n) is 3.47. The monoisotopic (exact) mass is 326 g/mol. The fraction of sp³-hybridized carbons (Fsp3) is 0.0769. The standard InChI is InChI=1S/C13H11BrOS2/c14-12-5-3-11(4-6-12)10-17(15)9-7-13-2-1-8-16-13/h1-9H,10H2. The molecule has 0 aliphatic carbocycles. The van der Waals surface area contributed by atoms with Crippen LogP contribution in [-0.2, 0) is 16.9 Å². The molecular weight excluding hydrogens is 316 g/mol. The van der Waals surface area contributed by atoms with Gasteiger partial charge in [0.15, 0.2) is 0 Å². The van der Waals surface area contributed by atoms with Crippen LogP contribution in [0.5, 0.6) is 0 Å². The molecule has 0 fully saturated rings. The van der Waals surface area contributed by atoms with E-state index in [2.05, 4.69) is 15.9 Å². The summed E-state index contributed by atoms with van der Waals surface area (Å²) in [6, 6.07) is 11.9. The molecule has 0 bridgehead atoms. The van der Waals surface area contributed by atoms with Crippen LogP contribution >= 0.6 is 27.3 Å². The van der Waals surface area contributed by atoms with Crippen molar-refractivity contribution in [2.24, 2.45) is 0 Å². The Morgan fingerprint density at radius 1 is 1.24 bits per heavy atom. The molecule has 2 rings (SSSR count). The van der Waals surface area contributed by atoms with Gasteiger partial charge in [-0.3, -0.25) is 0 Å². The van der Waals surface area contributed by atoms with Crippen molar-refractivity contribution in [3.63, 3.8) is 0 Å². The minimum atomic E-state index is -0.951. The van der Waals surface area contributed by atoms with Gasteiger partial charge >= 0.3 is 0 Å². The Hall–Kier alpha value is -0.550. The van der Waals surface area contributed by atoms with Crippen LogP contribution in [0.3, 0.4) is 0 Å². The Labute approximate surface area is 116 Å². The van der Waals surface area contributed by atoms with Gasteiger partial charge in [-0.15, -0.1) is 11.3 Å². The molecule has 0 aliphatic heterocycles. The number of thiophene rings is 1. The predicted octanol–water partition coefficient (Wildman–Crippen LogP) is 4.43. The molecule has 1 aromatic heterocycles. The third kappa shape index (κ3) is 4.32. The van der Waals surface area contributed by atoms with Crippen molar-refractivity contribution in [2.45, 2.75) is 5.75 Å². The van der Waals surface area contributed by atoms with Gasteiger partial charge in [-0.1, -0.05) is 34.1 Å². The molecule has 0 aliphatic rings. The molecule has 4 heteroatoms. The molecule has 0 spiro atoms. The van der Waals surface area contributed by atoms with E-state index in [1.54, 1.807) is 16.7 Å². The van der Waals surface area contributed by atoms with Gasteiger partial charge in [0.1, 0.15) is 11.2 Å². The summed E-state index contributed by atoms with van der Waals surface area (Å²) in [5.41, 5.74) is 1.09. The molecule has 1 unspecified atom stereocenters. The molecule has 17 heavy (non-hydrogen) atoms. The summed E-state index contributed by atoms with van der Waals surface area (Å²) in [6.45, 7) is 0. The molecule has 1 heterocycles. The summed E-state index contributed by atoms with van der Waals surface area (Å²) < 4.78 is 12.9. The fourth-order valence-electron chi connectivity index (χ4n) is 1.32. The third-order valence-corrected chi connectivity index (χ3v) is 4.57. The Balaban J connectivity index is 1.93. The van der Waals surface area contributed by atoms with Crippen LogP contribution in [-0.4, -0.2) is 4.55 Å². The maximum Gasteiger partial charge on any atom is 0.135 e. The van der Waals surface area contributed by atoms with Gasteiger partial charge in [0.25, 0.3) is 0 Å². The van der Waals surface area contributed by atoms with Crippen LogP contribution in [0.1, 0.15) is 10.4 Å². The molecule has 1 aromatic carbocycles. The van der Waals surface area contributed by atoms with Gasteiger partial charge in [-0.05, 0) is 34.8 Å². The van der Waals surface area contributed by atoms with E-state index in [1.165, 1.54) is 0 Å². The van der Waals surface area contributed by atoms with E-state index in [9.17, 15) is 4.55 Å². The van der Waals surface area contributed by atoms with Crippen LogP contribution in [0.2, 0.25) is 0 Å². The van der Waals surface area contributed by atoms with Crippen LogP contribution in [0.4, 0.5) is 0 Å². The van der Waals surface area contributed by atoms with Gasteiger partial charge in [-0.2, -0.15) is 0 Å². The largest absolute Gasteiger partial charge is 0.612 e. The maximum atomic E-state index is 11.8. The van der Waals surface area contributed by atoms with Crippen molar-refractivity contribution < 1.29 is 4.55 Å². The highest BCUT2D eigenvalue weighted by atomic mass is 79.9. The first-order valence-electron chi connectivity index (χ1n) is 5.07. The van der Waals surface area contributed by atoms with E-state index in [1.807, 2.05) is 47.9 Å². The zero-order chi connectivity index (χ0) is 12.1. The number of hydrogen-bond acceptors (Lipinski definition) is 2. The fourth-order valence-corrected chi connectivity index (χ4v) is 3.21. The zero-order valence-corrected chi connectivity index (χ0v) is 12.2. The first-order chi connectivity index (χ1) is 8.24. The third-order valence-electron chi connectivity index (χ3n) is 2.15. The normalized spacial score (nSPS) is 13.1. The molecule has 0 N–H and O–H groups in total. The number of halogens is 1. The lowest BCUT2D eigenvalue weighted by molar-refractivity contribution is 0.603. The van der Waals surface area contributed by atoms with E-state index >= 15 is 0 Å². The summed E-state index contributed by atoms with van der Waals surface area (Å²) in [7, 11) is 0. The molecule has 88 valence electrons. The molecule has 0 saturated heterocycles. The van der Waals surface area contributed by atoms with Crippen LogP contribution in [0.15, 0.2) is 51.7 Å². The van der Waals surface area contributed by atoms with Crippen molar-refractivity contribution >= 4 is 44.5 Å². The molecule has 1 nitrogen and oxygen atoms in total. The Morgan fingerprint density at radius 2 is 2.00 bits per heavy atom. The molecule has 1 atom stereocenters. The maximum absolute atomic E-state index is 11.8. The minimum absolute atomic E-state index is 0.565. The van der Waals surface area contributed by atoms with E-state index in [0.717, 1.165) is 14.9 Å². The van der Waals surface area contributed by atoms with Crippen LogP contribution in [0.25, 0.3) is 6.08 Å². The summed E-state index contributed by atoms with van der Waals surface area (Å²) in [6.07, 6.45) is 1.92. The summed E-state index contributed by atoms with van der Waals surface area (Å²) in [5, 5.41) is 3.77. The highest BCUT2D eigenvalue weighted by molar-refractivity contribution is 9.10. The Bertz CT molecular complexity index is 477. The number of hydrogen-bond donors (Lipinski definition) is 0. The average Bonchev–Trinajstić information content (AvgIpc) is 2.83. The van der Waals surface area contributed by atoms with Crippen molar-refractivity contribution in [1.82, 2.24) is 0 Å². The second-order valence-corrected chi connectivity index (χ2v) is 6.69. The van der Waals surface area contributed by atoms with Crippen molar-refractivity contribution in [1.29, 1.82) is 0 Å². The summed E-state index contributed by atoms with van der Waals surface area (Å²) >= 11 is 4.07. The predicted molar refractivity (Wildman–Crippen MR) is 79.3 cm³/mol. The van der Waals surface area contributed by atoms with Gasteiger partial charge in [0, 0.05) is 21.0 Å². The van der Waals surface area contributed by atoms with Crippen molar-refractivity contribution in [2.75, 3.05) is 0 Å². The quantitative estimate of drug-likeness (QED) is 0.762. The molecule has 2 aromatic rings. The SMILES string of the molecule is [O-][S+](C=Cc1cccs1)Cc1ccc(Br)cc1. The summed E-state index contributed by atoms with van der Waals surface area (Å²) in [4.78, 5) is 1.13. The van der Waals surface area contributed by atoms with Crippen LogP contribution < -0.4 is 0 Å². The topological polar surface area (TPSA) is 23.1 Å². The van der Waals surface area contributed by atoms with Crippen LogP contribution in [0, 0.1) is 0 Å².